The van der Waals surface area contributed by atoms with E-state index in [2.05, 4.69) is 89.0 Å². The number of H-pyrrole nitrogens is 1. The van der Waals surface area contributed by atoms with Crippen molar-refractivity contribution in [2.24, 2.45) is 10.9 Å². The molecule has 5 nitrogen and oxygen atoms in total. The van der Waals surface area contributed by atoms with Gasteiger partial charge in [0.2, 0.25) is 0 Å². The Hall–Kier alpha value is -3.21. The third-order valence-electron chi connectivity index (χ3n) is 6.78. The van der Waals surface area contributed by atoms with Crippen molar-refractivity contribution >= 4 is 28.3 Å². The van der Waals surface area contributed by atoms with Crippen molar-refractivity contribution in [3.05, 3.63) is 71.2 Å². The number of carbonyl (C=O) groups is 1. The van der Waals surface area contributed by atoms with Gasteiger partial charge in [0, 0.05) is 24.4 Å². The first-order chi connectivity index (χ1) is 18.2. The molecule has 0 fully saturated rings. The molecule has 3 aromatic rings. The minimum Gasteiger partial charge on any atom is -0.481 e. The molecule has 1 heterocycles. The number of carboxylic acid groups (broad SMARTS) is 1. The number of aromatic nitrogens is 2. The topological polar surface area (TPSA) is 78.3 Å². The number of rotatable bonds is 10. The summed E-state index contributed by atoms with van der Waals surface area (Å²) in [7, 11) is 0. The zero-order valence-corrected chi connectivity index (χ0v) is 25.1. The van der Waals surface area contributed by atoms with E-state index in [9.17, 15) is 0 Å². The van der Waals surface area contributed by atoms with Crippen LogP contribution in [0.3, 0.4) is 0 Å². The maximum atomic E-state index is 9.00. The lowest BCUT2D eigenvalue weighted by Crippen LogP contribution is -2.02. The van der Waals surface area contributed by atoms with Gasteiger partial charge in [0.25, 0.3) is 5.97 Å². The van der Waals surface area contributed by atoms with Gasteiger partial charge in [0.15, 0.2) is 0 Å². The number of nitrogens with one attached hydrogen (secondary N) is 1. The molecule has 3 rings (SSSR count). The Balaban J connectivity index is 0.00000110. The van der Waals surface area contributed by atoms with Gasteiger partial charge < -0.3 is 10.1 Å². The molecule has 0 spiro atoms. The summed E-state index contributed by atoms with van der Waals surface area (Å²) >= 11 is 0. The van der Waals surface area contributed by atoms with E-state index in [0.717, 1.165) is 47.4 Å². The highest BCUT2D eigenvalue weighted by atomic mass is 16.4. The highest BCUT2D eigenvalue weighted by Gasteiger charge is 2.11. The van der Waals surface area contributed by atoms with Crippen molar-refractivity contribution in [2.45, 2.75) is 100 Å². The monoisotopic (exact) mass is 519 g/mol. The van der Waals surface area contributed by atoms with Gasteiger partial charge in [-0.15, -0.1) is 0 Å². The number of aliphatic imine (C=N–C) groups is 1. The lowest BCUT2D eigenvalue weighted by molar-refractivity contribution is -0.134. The standard InChI is InChI=1S/C29H39N3.C2H4O2.C2H6/c1-7-20(4)10-12-24(9-3)26-15-13-25(14-16-26)22(6)30-19-21(5)29-31-27-17-11-23(8-2)18-28(27)32-29;1-2(3)4;1-2/h11,13-20,24H,7-10,12H2,1-6H3,(H,31,32);1H3,(H,3,4);1-2H3/b21-19+,30-22?;;. The second kappa shape index (κ2) is 17.3. The minimum atomic E-state index is -0.833. The Morgan fingerprint density at radius 1 is 1.00 bits per heavy atom. The molecule has 0 aliphatic rings. The highest BCUT2D eigenvalue weighted by Crippen LogP contribution is 2.28. The van der Waals surface area contributed by atoms with Gasteiger partial charge in [-0.3, -0.25) is 9.79 Å². The van der Waals surface area contributed by atoms with Crippen LogP contribution in [0.4, 0.5) is 0 Å². The predicted octanol–water partition coefficient (Wildman–Crippen LogP) is 9.43. The fraction of sp³-hybridized carbons (Fsp3) is 0.485. The maximum Gasteiger partial charge on any atom is 0.300 e. The molecule has 2 aromatic carbocycles. The maximum absolute atomic E-state index is 9.00. The molecule has 0 bridgehead atoms. The van der Waals surface area contributed by atoms with Gasteiger partial charge in [-0.2, -0.15) is 0 Å². The second-order valence-corrected chi connectivity index (χ2v) is 9.65. The first-order valence-corrected chi connectivity index (χ1v) is 14.2. The van der Waals surface area contributed by atoms with Crippen LogP contribution < -0.4 is 0 Å². The van der Waals surface area contributed by atoms with Crippen LogP contribution >= 0.6 is 0 Å². The van der Waals surface area contributed by atoms with Crippen LogP contribution in [0.5, 0.6) is 0 Å². The quantitative estimate of drug-likeness (QED) is 0.262. The van der Waals surface area contributed by atoms with E-state index in [-0.39, 0.29) is 0 Å². The van der Waals surface area contributed by atoms with E-state index in [0.29, 0.717) is 5.92 Å². The van der Waals surface area contributed by atoms with Crippen molar-refractivity contribution in [1.29, 1.82) is 0 Å². The molecule has 1 aromatic heterocycles. The number of aryl methyl sites for hydroxylation is 1. The summed E-state index contributed by atoms with van der Waals surface area (Å²) in [5, 5.41) is 7.42. The largest absolute Gasteiger partial charge is 0.481 e. The van der Waals surface area contributed by atoms with E-state index in [1.165, 1.54) is 42.4 Å². The third kappa shape index (κ3) is 10.6. The third-order valence-corrected chi connectivity index (χ3v) is 6.78. The summed E-state index contributed by atoms with van der Waals surface area (Å²) in [4.78, 5) is 21.9. The average molecular weight is 520 g/mol. The zero-order valence-electron chi connectivity index (χ0n) is 25.1. The molecule has 2 unspecified atom stereocenters. The number of aromatic amines is 1. The van der Waals surface area contributed by atoms with Gasteiger partial charge >= 0.3 is 0 Å². The van der Waals surface area contributed by atoms with Crippen LogP contribution in [0, 0.1) is 5.92 Å². The van der Waals surface area contributed by atoms with Crippen molar-refractivity contribution in [1.82, 2.24) is 9.97 Å². The Morgan fingerprint density at radius 2 is 1.63 bits per heavy atom. The molecule has 0 saturated heterocycles. The number of nitrogens with zero attached hydrogens (tertiary/aromatic N) is 2. The summed E-state index contributed by atoms with van der Waals surface area (Å²) in [6.45, 7) is 18.3. The Kier molecular flexibility index (Phi) is 15.0. The number of allylic oxidation sites excluding steroid dienone is 1. The fourth-order valence-electron chi connectivity index (χ4n) is 4.09. The van der Waals surface area contributed by atoms with Crippen molar-refractivity contribution in [3.63, 3.8) is 0 Å². The first-order valence-electron chi connectivity index (χ1n) is 14.2. The summed E-state index contributed by atoms with van der Waals surface area (Å²) < 4.78 is 0. The van der Waals surface area contributed by atoms with Crippen LogP contribution in [-0.2, 0) is 11.2 Å². The van der Waals surface area contributed by atoms with Gasteiger partial charge in [0.05, 0.1) is 11.0 Å². The molecule has 0 amide bonds. The SMILES string of the molecule is CC.CC(=O)O.CCc1ccc2nc(/C(C)=C/N=C(C)c3ccc(C(CC)CCC(C)CC)cc3)[nH]c2c1. The van der Waals surface area contributed by atoms with Gasteiger partial charge in [0.1, 0.15) is 5.82 Å². The van der Waals surface area contributed by atoms with E-state index >= 15 is 0 Å². The Bertz CT molecular complexity index is 1170. The number of fused-ring (bicyclic) bond motifs is 1. The van der Waals surface area contributed by atoms with Crippen molar-refractivity contribution in [3.8, 4) is 0 Å². The number of imidazole rings is 1. The molecule has 0 radical (unpaired) electrons. The van der Waals surface area contributed by atoms with Gasteiger partial charge in [-0.25, -0.2) is 4.98 Å². The molecular weight excluding hydrogens is 470 g/mol. The molecule has 2 N–H and O–H groups in total. The molecule has 5 heteroatoms. The summed E-state index contributed by atoms with van der Waals surface area (Å²) in [6.07, 6.45) is 7.99. The zero-order chi connectivity index (χ0) is 28.7. The highest BCUT2D eigenvalue weighted by molar-refractivity contribution is 5.99. The van der Waals surface area contributed by atoms with Crippen LogP contribution in [-0.4, -0.2) is 26.8 Å². The van der Waals surface area contributed by atoms with Gasteiger partial charge in [-0.05, 0) is 73.8 Å². The van der Waals surface area contributed by atoms with Crippen LogP contribution in [0.15, 0.2) is 53.7 Å². The van der Waals surface area contributed by atoms with E-state index < -0.39 is 5.97 Å². The summed E-state index contributed by atoms with van der Waals surface area (Å²) in [5.74, 6) is 1.51. The van der Waals surface area contributed by atoms with E-state index in [1.807, 2.05) is 20.0 Å². The van der Waals surface area contributed by atoms with E-state index in [1.54, 1.807) is 0 Å². The van der Waals surface area contributed by atoms with Gasteiger partial charge in [-0.1, -0.05) is 84.7 Å². The number of carboxylic acids is 1. The molecule has 38 heavy (non-hydrogen) atoms. The van der Waals surface area contributed by atoms with Crippen LogP contribution in [0.2, 0.25) is 0 Å². The molecule has 2 atom stereocenters. The molecule has 208 valence electrons. The minimum absolute atomic E-state index is 0.652. The van der Waals surface area contributed by atoms with Crippen LogP contribution in [0.1, 0.15) is 116 Å². The van der Waals surface area contributed by atoms with Crippen molar-refractivity contribution < 1.29 is 9.90 Å². The first kappa shape index (κ1) is 32.8. The smallest absolute Gasteiger partial charge is 0.300 e. The van der Waals surface area contributed by atoms with Crippen molar-refractivity contribution in [2.75, 3.05) is 0 Å². The predicted molar refractivity (Wildman–Crippen MR) is 164 cm³/mol. The molecule has 0 saturated carbocycles. The molecule has 0 aliphatic carbocycles. The lowest BCUT2D eigenvalue weighted by Gasteiger charge is -2.18. The average Bonchev–Trinajstić information content (AvgIpc) is 3.36. The number of hydrogen-bond donors (Lipinski definition) is 2. The summed E-state index contributed by atoms with van der Waals surface area (Å²) in [5.41, 5.74) is 8.08. The Morgan fingerprint density at radius 3 is 2.18 bits per heavy atom. The second-order valence-electron chi connectivity index (χ2n) is 9.65. The number of aliphatic carboxylic acids is 1. The molecule has 0 aliphatic heterocycles. The molecular formula is C33H49N3O2. The lowest BCUT2D eigenvalue weighted by atomic mass is 9.88. The Labute approximate surface area is 230 Å². The number of hydrogen-bond acceptors (Lipinski definition) is 3. The van der Waals surface area contributed by atoms with Crippen LogP contribution in [0.25, 0.3) is 16.6 Å². The normalized spacial score (nSPS) is 13.2. The summed E-state index contributed by atoms with van der Waals surface area (Å²) in [6, 6.07) is 15.4. The number of benzene rings is 2. The van der Waals surface area contributed by atoms with E-state index in [4.69, 9.17) is 19.9 Å². The fourth-order valence-corrected chi connectivity index (χ4v) is 4.09.